The van der Waals surface area contributed by atoms with Gasteiger partial charge in [0.15, 0.2) is 0 Å². The highest BCUT2D eigenvalue weighted by molar-refractivity contribution is 5.89. The maximum Gasteiger partial charge on any atom is 0.314 e. The third kappa shape index (κ3) is 3.84. The van der Waals surface area contributed by atoms with Gasteiger partial charge in [0, 0.05) is 13.0 Å². The summed E-state index contributed by atoms with van der Waals surface area (Å²) in [6.07, 6.45) is 2.45. The lowest BCUT2D eigenvalue weighted by Crippen LogP contribution is -2.40. The van der Waals surface area contributed by atoms with Crippen LogP contribution in [0, 0.1) is 11.8 Å². The molecule has 0 spiro atoms. The molecule has 1 aromatic rings. The van der Waals surface area contributed by atoms with E-state index in [2.05, 4.69) is 12.2 Å². The van der Waals surface area contributed by atoms with Crippen molar-refractivity contribution >= 4 is 11.9 Å². The number of hydrogen-bond donors (Lipinski definition) is 2. The number of carbonyl (C=O) groups excluding carboxylic acids is 1. The Bertz CT molecular complexity index is 510. The van der Waals surface area contributed by atoms with Gasteiger partial charge in [-0.3, -0.25) is 9.59 Å². The van der Waals surface area contributed by atoms with E-state index in [9.17, 15) is 14.7 Å². The van der Waals surface area contributed by atoms with Crippen molar-refractivity contribution in [3.63, 3.8) is 0 Å². The van der Waals surface area contributed by atoms with Crippen LogP contribution in [0.25, 0.3) is 0 Å². The van der Waals surface area contributed by atoms with Gasteiger partial charge in [-0.1, -0.05) is 37.3 Å². The van der Waals surface area contributed by atoms with Crippen LogP contribution in [0.1, 0.15) is 38.7 Å². The van der Waals surface area contributed by atoms with Gasteiger partial charge in [0.05, 0.1) is 5.41 Å². The molecule has 21 heavy (non-hydrogen) atoms. The van der Waals surface area contributed by atoms with Crippen molar-refractivity contribution in [2.24, 2.45) is 11.8 Å². The van der Waals surface area contributed by atoms with Crippen molar-refractivity contribution in [2.75, 3.05) is 6.54 Å². The van der Waals surface area contributed by atoms with Crippen LogP contribution in [0.15, 0.2) is 30.3 Å². The molecule has 1 saturated carbocycles. The van der Waals surface area contributed by atoms with Crippen LogP contribution in [0.2, 0.25) is 0 Å². The van der Waals surface area contributed by atoms with E-state index in [-0.39, 0.29) is 12.3 Å². The Labute approximate surface area is 125 Å². The minimum atomic E-state index is -1.19. The first-order valence-electron chi connectivity index (χ1n) is 7.49. The lowest BCUT2D eigenvalue weighted by molar-refractivity contribution is -0.145. The monoisotopic (exact) mass is 289 g/mol. The van der Waals surface area contributed by atoms with Crippen LogP contribution in [-0.2, 0) is 15.0 Å². The maximum atomic E-state index is 12.1. The Morgan fingerprint density at radius 2 is 1.95 bits per heavy atom. The van der Waals surface area contributed by atoms with Crippen LogP contribution >= 0.6 is 0 Å². The molecule has 1 aromatic carbocycles. The summed E-state index contributed by atoms with van der Waals surface area (Å²) in [4.78, 5) is 23.7. The quantitative estimate of drug-likeness (QED) is 0.810. The van der Waals surface area contributed by atoms with Gasteiger partial charge in [-0.15, -0.1) is 0 Å². The average Bonchev–Trinajstić information content (AvgIpc) is 3.30. The number of carboxylic acids is 1. The first kappa shape index (κ1) is 15.5. The summed E-state index contributed by atoms with van der Waals surface area (Å²) in [5, 5.41) is 12.4. The average molecular weight is 289 g/mol. The molecule has 4 nitrogen and oxygen atoms in total. The molecule has 2 N–H and O–H groups in total. The fourth-order valence-electron chi connectivity index (χ4n) is 2.60. The molecule has 0 saturated heterocycles. The Morgan fingerprint density at radius 1 is 1.33 bits per heavy atom. The van der Waals surface area contributed by atoms with Crippen molar-refractivity contribution < 1.29 is 14.7 Å². The van der Waals surface area contributed by atoms with E-state index in [1.807, 2.05) is 6.07 Å². The third-order valence-electron chi connectivity index (χ3n) is 4.45. The highest BCUT2D eigenvalue weighted by Crippen LogP contribution is 2.36. The lowest BCUT2D eigenvalue weighted by Gasteiger charge is -2.25. The summed E-state index contributed by atoms with van der Waals surface area (Å²) in [6.45, 7) is 4.37. The summed E-state index contributed by atoms with van der Waals surface area (Å²) in [6, 6.07) is 8.94. The smallest absolute Gasteiger partial charge is 0.314 e. The molecule has 2 atom stereocenters. The normalized spacial score (nSPS) is 18.6. The van der Waals surface area contributed by atoms with Crippen LogP contribution in [0.4, 0.5) is 0 Å². The predicted octanol–water partition coefficient (Wildman–Crippen LogP) is 2.58. The molecule has 0 radical (unpaired) electrons. The molecule has 2 rings (SSSR count). The van der Waals surface area contributed by atoms with Crippen molar-refractivity contribution in [1.82, 2.24) is 5.32 Å². The van der Waals surface area contributed by atoms with E-state index >= 15 is 0 Å². The van der Waals surface area contributed by atoms with Crippen LogP contribution < -0.4 is 5.32 Å². The first-order chi connectivity index (χ1) is 9.93. The maximum absolute atomic E-state index is 12.1. The minimum absolute atomic E-state index is 0.0380. The molecule has 1 amide bonds. The number of aliphatic carboxylic acids is 1. The number of carboxylic acid groups (broad SMARTS) is 1. The number of benzene rings is 1. The summed E-state index contributed by atoms with van der Waals surface area (Å²) in [5.74, 6) is 0.0300. The largest absolute Gasteiger partial charge is 0.481 e. The van der Waals surface area contributed by atoms with E-state index in [0.29, 0.717) is 18.0 Å². The molecule has 1 fully saturated rings. The molecule has 0 aromatic heterocycles. The molecular formula is C17H23NO3. The predicted molar refractivity (Wildman–Crippen MR) is 80.9 cm³/mol. The number of carbonyl (C=O) groups is 2. The van der Waals surface area contributed by atoms with Crippen molar-refractivity contribution in [3.05, 3.63) is 35.9 Å². The molecule has 1 aliphatic rings. The van der Waals surface area contributed by atoms with Crippen molar-refractivity contribution in [1.29, 1.82) is 0 Å². The molecule has 114 valence electrons. The van der Waals surface area contributed by atoms with E-state index in [1.165, 1.54) is 12.8 Å². The molecule has 1 aliphatic carbocycles. The van der Waals surface area contributed by atoms with Gasteiger partial charge in [-0.05, 0) is 37.2 Å². The van der Waals surface area contributed by atoms with Crippen LogP contribution in [-0.4, -0.2) is 23.5 Å². The van der Waals surface area contributed by atoms with Crippen molar-refractivity contribution in [2.45, 2.75) is 38.5 Å². The number of amides is 1. The fourth-order valence-corrected chi connectivity index (χ4v) is 2.60. The summed E-state index contributed by atoms with van der Waals surface area (Å²) < 4.78 is 0. The van der Waals surface area contributed by atoms with E-state index in [1.54, 1.807) is 31.2 Å². The van der Waals surface area contributed by atoms with E-state index in [4.69, 9.17) is 0 Å². The molecule has 0 bridgehead atoms. The molecular weight excluding hydrogens is 266 g/mol. The van der Waals surface area contributed by atoms with Gasteiger partial charge in [-0.25, -0.2) is 0 Å². The van der Waals surface area contributed by atoms with Crippen LogP contribution in [0.5, 0.6) is 0 Å². The molecule has 0 aliphatic heterocycles. The highest BCUT2D eigenvalue weighted by atomic mass is 16.4. The zero-order chi connectivity index (χ0) is 15.5. The van der Waals surface area contributed by atoms with E-state index in [0.717, 1.165) is 5.92 Å². The molecule has 0 heterocycles. The van der Waals surface area contributed by atoms with Gasteiger partial charge < -0.3 is 10.4 Å². The Hall–Kier alpha value is -1.84. The minimum Gasteiger partial charge on any atom is -0.481 e. The van der Waals surface area contributed by atoms with Gasteiger partial charge >= 0.3 is 5.97 Å². The number of nitrogens with one attached hydrogen (secondary N) is 1. The SMILES string of the molecule is CC(CNC(=O)CC(C)(C(=O)O)c1ccccc1)C1CC1. The fraction of sp³-hybridized carbons (Fsp3) is 0.529. The molecule has 4 heteroatoms. The second kappa shape index (κ2) is 6.29. The zero-order valence-electron chi connectivity index (χ0n) is 12.6. The van der Waals surface area contributed by atoms with Gasteiger partial charge in [0.25, 0.3) is 0 Å². The Kier molecular flexibility index (Phi) is 4.66. The zero-order valence-corrected chi connectivity index (χ0v) is 12.6. The van der Waals surface area contributed by atoms with E-state index < -0.39 is 11.4 Å². The standard InChI is InChI=1S/C17H23NO3/c1-12(13-8-9-13)11-18-15(19)10-17(2,16(20)21)14-6-4-3-5-7-14/h3-7,12-13H,8-11H2,1-2H3,(H,18,19)(H,20,21). The Morgan fingerprint density at radius 3 is 2.48 bits per heavy atom. The first-order valence-corrected chi connectivity index (χ1v) is 7.49. The van der Waals surface area contributed by atoms with Gasteiger partial charge in [-0.2, -0.15) is 0 Å². The third-order valence-corrected chi connectivity index (χ3v) is 4.45. The highest BCUT2D eigenvalue weighted by Gasteiger charge is 2.37. The Balaban J connectivity index is 1.99. The van der Waals surface area contributed by atoms with Gasteiger partial charge in [0.2, 0.25) is 5.91 Å². The van der Waals surface area contributed by atoms with Crippen molar-refractivity contribution in [3.8, 4) is 0 Å². The second-order valence-corrected chi connectivity index (χ2v) is 6.30. The summed E-state index contributed by atoms with van der Waals surface area (Å²) in [5.41, 5.74) is -0.531. The lowest BCUT2D eigenvalue weighted by atomic mass is 9.79. The topological polar surface area (TPSA) is 66.4 Å². The number of hydrogen-bond acceptors (Lipinski definition) is 2. The second-order valence-electron chi connectivity index (χ2n) is 6.30. The van der Waals surface area contributed by atoms with Crippen LogP contribution in [0.3, 0.4) is 0 Å². The van der Waals surface area contributed by atoms with Gasteiger partial charge in [0.1, 0.15) is 0 Å². The summed E-state index contributed by atoms with van der Waals surface area (Å²) in [7, 11) is 0. The molecule has 2 unspecified atom stereocenters. The summed E-state index contributed by atoms with van der Waals surface area (Å²) >= 11 is 0. The number of rotatable bonds is 7.